The zero-order valence-electron chi connectivity index (χ0n) is 18.1. The van der Waals surface area contributed by atoms with E-state index < -0.39 is 10.0 Å². The number of hydrogen-bond acceptors (Lipinski definition) is 5. The van der Waals surface area contributed by atoms with Gasteiger partial charge < -0.3 is 10.1 Å². The first kappa shape index (κ1) is 23.4. The van der Waals surface area contributed by atoms with Crippen LogP contribution in [0, 0.1) is 5.92 Å². The van der Waals surface area contributed by atoms with Crippen molar-refractivity contribution in [2.45, 2.75) is 37.2 Å². The van der Waals surface area contributed by atoms with Crippen molar-refractivity contribution in [1.82, 2.24) is 9.62 Å². The van der Waals surface area contributed by atoms with E-state index in [1.165, 1.54) is 24.8 Å². The molecule has 1 amide bonds. The predicted octanol–water partition coefficient (Wildman–Crippen LogP) is 2.85. The van der Waals surface area contributed by atoms with Crippen LogP contribution < -0.4 is 10.0 Å². The van der Waals surface area contributed by atoms with Gasteiger partial charge >= 0.3 is 0 Å². The standard InChI is InChI=1S/C23H31N3O4S/c1-18(17-30-2)25-31(28,29)22-12-10-21(11-13-22)24-23(27)20-9-6-14-26(16-20)15-19-7-4-3-5-8-19/h3-5,7-8,10-13,18,20,25H,6,9,14-17H2,1-2H3,(H,24,27). The van der Waals surface area contributed by atoms with Gasteiger partial charge in [0.15, 0.2) is 0 Å². The first-order valence-corrected chi connectivity index (χ1v) is 12.0. The highest BCUT2D eigenvalue weighted by molar-refractivity contribution is 7.89. The third-order valence-corrected chi connectivity index (χ3v) is 6.94. The molecule has 2 N–H and O–H groups in total. The average Bonchev–Trinajstić information content (AvgIpc) is 2.75. The molecule has 0 radical (unpaired) electrons. The Morgan fingerprint density at radius 2 is 1.87 bits per heavy atom. The molecule has 1 saturated heterocycles. The number of rotatable bonds is 9. The Hall–Kier alpha value is -2.26. The Labute approximate surface area is 184 Å². The molecule has 0 bridgehead atoms. The molecule has 2 aromatic rings. The first-order chi connectivity index (χ1) is 14.9. The molecule has 1 aliphatic rings. The number of likely N-dealkylation sites (tertiary alicyclic amines) is 1. The van der Waals surface area contributed by atoms with Gasteiger partial charge in [-0.1, -0.05) is 30.3 Å². The van der Waals surface area contributed by atoms with Crippen molar-refractivity contribution in [2.75, 3.05) is 32.1 Å². The van der Waals surface area contributed by atoms with Crippen molar-refractivity contribution in [1.29, 1.82) is 0 Å². The van der Waals surface area contributed by atoms with E-state index in [4.69, 9.17) is 4.74 Å². The maximum atomic E-state index is 12.8. The number of carbonyl (C=O) groups is 1. The van der Waals surface area contributed by atoms with Gasteiger partial charge in [-0.15, -0.1) is 0 Å². The minimum atomic E-state index is -3.63. The third-order valence-electron chi connectivity index (χ3n) is 5.33. The molecule has 7 nitrogen and oxygen atoms in total. The van der Waals surface area contributed by atoms with E-state index >= 15 is 0 Å². The second kappa shape index (κ2) is 10.9. The molecular weight excluding hydrogens is 414 g/mol. The molecule has 2 atom stereocenters. The predicted molar refractivity (Wildman–Crippen MR) is 121 cm³/mol. The monoisotopic (exact) mass is 445 g/mol. The molecule has 2 unspecified atom stereocenters. The zero-order chi connectivity index (χ0) is 22.3. The van der Waals surface area contributed by atoms with Crippen LogP contribution in [0.15, 0.2) is 59.5 Å². The molecule has 0 aromatic heterocycles. The second-order valence-corrected chi connectivity index (χ2v) is 9.77. The summed E-state index contributed by atoms with van der Waals surface area (Å²) in [4.78, 5) is 15.2. The fourth-order valence-electron chi connectivity index (χ4n) is 3.83. The van der Waals surface area contributed by atoms with Crippen LogP contribution in [0.25, 0.3) is 0 Å². The highest BCUT2D eigenvalue weighted by Gasteiger charge is 2.26. The lowest BCUT2D eigenvalue weighted by Gasteiger charge is -2.32. The van der Waals surface area contributed by atoms with E-state index in [9.17, 15) is 13.2 Å². The molecule has 2 aromatic carbocycles. The topological polar surface area (TPSA) is 87.7 Å². The van der Waals surface area contributed by atoms with Crippen LogP contribution >= 0.6 is 0 Å². The molecule has 0 aliphatic carbocycles. The molecule has 168 valence electrons. The second-order valence-electron chi connectivity index (χ2n) is 8.05. The number of ether oxygens (including phenoxy) is 1. The van der Waals surface area contributed by atoms with Gasteiger partial charge in [0.1, 0.15) is 0 Å². The van der Waals surface area contributed by atoms with Crippen molar-refractivity contribution in [2.24, 2.45) is 5.92 Å². The summed E-state index contributed by atoms with van der Waals surface area (Å²) in [5, 5.41) is 2.93. The Kier molecular flexibility index (Phi) is 8.20. The number of piperidine rings is 1. The van der Waals surface area contributed by atoms with Gasteiger partial charge in [0, 0.05) is 31.9 Å². The lowest BCUT2D eigenvalue weighted by Crippen LogP contribution is -2.40. The highest BCUT2D eigenvalue weighted by atomic mass is 32.2. The van der Waals surface area contributed by atoms with Gasteiger partial charge in [-0.2, -0.15) is 0 Å². The summed E-state index contributed by atoms with van der Waals surface area (Å²) in [6.45, 7) is 4.57. The number of benzene rings is 2. The van der Waals surface area contributed by atoms with E-state index in [1.807, 2.05) is 18.2 Å². The summed E-state index contributed by atoms with van der Waals surface area (Å²) in [7, 11) is -2.11. The van der Waals surface area contributed by atoms with E-state index in [2.05, 4.69) is 27.1 Å². The van der Waals surface area contributed by atoms with Crippen molar-refractivity contribution in [3.63, 3.8) is 0 Å². The fourth-order valence-corrected chi connectivity index (χ4v) is 5.06. The number of nitrogens with zero attached hydrogens (tertiary/aromatic N) is 1. The summed E-state index contributed by atoms with van der Waals surface area (Å²) < 4.78 is 32.4. The van der Waals surface area contributed by atoms with Crippen molar-refractivity contribution >= 4 is 21.6 Å². The van der Waals surface area contributed by atoms with Crippen molar-refractivity contribution in [3.05, 3.63) is 60.2 Å². The maximum Gasteiger partial charge on any atom is 0.240 e. The number of nitrogens with one attached hydrogen (secondary N) is 2. The molecule has 0 saturated carbocycles. The van der Waals surface area contributed by atoms with Crippen LogP contribution in [-0.4, -0.2) is 52.1 Å². The summed E-state index contributed by atoms with van der Waals surface area (Å²) in [6, 6.07) is 16.2. The first-order valence-electron chi connectivity index (χ1n) is 10.6. The van der Waals surface area contributed by atoms with E-state index in [0.717, 1.165) is 25.9 Å². The smallest absolute Gasteiger partial charge is 0.240 e. The summed E-state index contributed by atoms with van der Waals surface area (Å²) in [6.07, 6.45) is 1.83. The largest absolute Gasteiger partial charge is 0.383 e. The van der Waals surface area contributed by atoms with E-state index in [1.54, 1.807) is 19.1 Å². The van der Waals surface area contributed by atoms with Gasteiger partial charge in [-0.05, 0) is 56.1 Å². The molecule has 1 heterocycles. The van der Waals surface area contributed by atoms with Crippen LogP contribution in [0.4, 0.5) is 5.69 Å². The number of methoxy groups -OCH3 is 1. The fraction of sp³-hybridized carbons (Fsp3) is 0.435. The highest BCUT2D eigenvalue weighted by Crippen LogP contribution is 2.21. The summed E-state index contributed by atoms with van der Waals surface area (Å²) in [5.74, 6) is -0.113. The van der Waals surface area contributed by atoms with Crippen LogP contribution in [0.3, 0.4) is 0 Å². The molecule has 31 heavy (non-hydrogen) atoms. The van der Waals surface area contributed by atoms with Gasteiger partial charge in [0.25, 0.3) is 0 Å². The number of carbonyl (C=O) groups excluding carboxylic acids is 1. The Morgan fingerprint density at radius 1 is 1.16 bits per heavy atom. The average molecular weight is 446 g/mol. The third kappa shape index (κ3) is 6.87. The lowest BCUT2D eigenvalue weighted by atomic mass is 9.96. The Bertz CT molecular complexity index is 949. The minimum absolute atomic E-state index is 0.0276. The lowest BCUT2D eigenvalue weighted by molar-refractivity contribution is -0.121. The zero-order valence-corrected chi connectivity index (χ0v) is 18.9. The van der Waals surface area contributed by atoms with Gasteiger partial charge in [-0.3, -0.25) is 9.69 Å². The molecule has 1 aliphatic heterocycles. The molecule has 1 fully saturated rings. The molecule has 8 heteroatoms. The van der Waals surface area contributed by atoms with Crippen LogP contribution in [0.2, 0.25) is 0 Å². The van der Waals surface area contributed by atoms with Crippen molar-refractivity contribution in [3.8, 4) is 0 Å². The van der Waals surface area contributed by atoms with Gasteiger partial charge in [0.2, 0.25) is 15.9 Å². The van der Waals surface area contributed by atoms with Crippen LogP contribution in [-0.2, 0) is 26.1 Å². The van der Waals surface area contributed by atoms with Crippen molar-refractivity contribution < 1.29 is 17.9 Å². The van der Waals surface area contributed by atoms with Crippen LogP contribution in [0.5, 0.6) is 0 Å². The normalized spacial score (nSPS) is 18.5. The van der Waals surface area contributed by atoms with Crippen LogP contribution in [0.1, 0.15) is 25.3 Å². The quantitative estimate of drug-likeness (QED) is 0.620. The van der Waals surface area contributed by atoms with Gasteiger partial charge in [-0.25, -0.2) is 13.1 Å². The van der Waals surface area contributed by atoms with E-state index in [0.29, 0.717) is 12.2 Å². The number of hydrogen-bond donors (Lipinski definition) is 2. The summed E-state index contributed by atoms with van der Waals surface area (Å²) in [5.41, 5.74) is 1.84. The van der Waals surface area contributed by atoms with E-state index in [-0.39, 0.29) is 29.4 Å². The number of sulfonamides is 1. The molecular formula is C23H31N3O4S. The Balaban J connectivity index is 1.56. The SMILES string of the molecule is COCC(C)NS(=O)(=O)c1ccc(NC(=O)C2CCCN(Cc3ccccc3)C2)cc1. The summed E-state index contributed by atoms with van der Waals surface area (Å²) >= 11 is 0. The maximum absolute atomic E-state index is 12.8. The number of amides is 1. The number of anilines is 1. The Morgan fingerprint density at radius 3 is 2.55 bits per heavy atom. The molecule has 3 rings (SSSR count). The minimum Gasteiger partial charge on any atom is -0.383 e. The van der Waals surface area contributed by atoms with Gasteiger partial charge in [0.05, 0.1) is 17.4 Å². The molecule has 0 spiro atoms.